The highest BCUT2D eigenvalue weighted by Gasteiger charge is 2.16. The van der Waals surface area contributed by atoms with E-state index in [0.717, 1.165) is 30.5 Å². The van der Waals surface area contributed by atoms with Gasteiger partial charge in [0.2, 0.25) is 5.91 Å². The summed E-state index contributed by atoms with van der Waals surface area (Å²) in [6.07, 6.45) is 8.07. The molecule has 0 atom stereocenters. The van der Waals surface area contributed by atoms with Gasteiger partial charge >= 0.3 is 0 Å². The normalized spacial score (nSPS) is 14.0. The van der Waals surface area contributed by atoms with E-state index in [1.807, 2.05) is 42.6 Å². The Balaban J connectivity index is 1.50. The number of nitrogens with zero attached hydrogens (tertiary/aromatic N) is 2. The Morgan fingerprint density at radius 3 is 2.93 bits per heavy atom. The van der Waals surface area contributed by atoms with Crippen molar-refractivity contribution < 1.29 is 4.79 Å². The minimum absolute atomic E-state index is 0.0348. The van der Waals surface area contributed by atoms with Crippen LogP contribution in [0.1, 0.15) is 37.7 Å². The molecule has 30 heavy (non-hydrogen) atoms. The molecule has 0 radical (unpaired) electrons. The summed E-state index contributed by atoms with van der Waals surface area (Å²) in [6, 6.07) is 9.60. The number of amides is 1. The van der Waals surface area contributed by atoms with Crippen LogP contribution in [0.4, 0.5) is 0 Å². The average Bonchev–Trinajstić information content (AvgIpc) is 3.23. The maximum atomic E-state index is 13.2. The number of rotatable bonds is 7. The highest BCUT2D eigenvalue weighted by molar-refractivity contribution is 7.99. The molecule has 1 amide bonds. The van der Waals surface area contributed by atoms with Gasteiger partial charge in [-0.25, -0.2) is 4.98 Å². The number of fused-ring (bicyclic) bond motifs is 1. The molecular weight excluding hydrogens is 414 g/mol. The number of para-hydroxylation sites is 1. The molecule has 0 saturated heterocycles. The van der Waals surface area contributed by atoms with Crippen molar-refractivity contribution in [2.24, 2.45) is 0 Å². The Hall–Kier alpha value is -2.38. The van der Waals surface area contributed by atoms with Gasteiger partial charge in [0.25, 0.3) is 5.56 Å². The van der Waals surface area contributed by atoms with Crippen LogP contribution in [0.2, 0.25) is 0 Å². The molecule has 1 N–H and O–H groups in total. The summed E-state index contributed by atoms with van der Waals surface area (Å²) in [4.78, 5) is 30.3. The lowest BCUT2D eigenvalue weighted by atomic mass is 9.97. The largest absolute Gasteiger partial charge is 0.355 e. The summed E-state index contributed by atoms with van der Waals surface area (Å²) in [7, 11) is 0. The van der Waals surface area contributed by atoms with Crippen LogP contribution in [-0.2, 0) is 4.79 Å². The Kier molecular flexibility index (Phi) is 6.69. The second-order valence-electron chi connectivity index (χ2n) is 7.45. The van der Waals surface area contributed by atoms with Gasteiger partial charge in [-0.1, -0.05) is 41.6 Å². The summed E-state index contributed by atoms with van der Waals surface area (Å²) in [5.41, 5.74) is 3.84. The lowest BCUT2D eigenvalue weighted by Crippen LogP contribution is -2.27. The Morgan fingerprint density at radius 2 is 2.13 bits per heavy atom. The Bertz CT molecular complexity index is 1150. The van der Waals surface area contributed by atoms with E-state index in [0.29, 0.717) is 21.9 Å². The number of allylic oxidation sites excluding steroid dienone is 1. The standard InChI is InChI=1S/C23H25N3O2S2/c1-16-7-5-6-10-19(16)26-22(28)21-18(12-14-29-21)25-23(26)30-15-20(27)24-13-11-17-8-3-2-4-9-17/h5-8,10,12,14H,2-4,9,11,13,15H2,1H3,(H,24,27). The molecule has 7 heteroatoms. The highest BCUT2D eigenvalue weighted by Crippen LogP contribution is 2.25. The fourth-order valence-corrected chi connectivity index (χ4v) is 5.29. The first kappa shape index (κ1) is 20.9. The van der Waals surface area contributed by atoms with Crippen LogP contribution in [0.25, 0.3) is 15.9 Å². The molecule has 4 rings (SSSR count). The number of aryl methyl sites for hydroxylation is 1. The number of nitrogens with one attached hydrogen (secondary N) is 1. The quantitative estimate of drug-likeness (QED) is 0.325. The molecule has 0 bridgehead atoms. The van der Waals surface area contributed by atoms with Gasteiger partial charge in [0.05, 0.1) is 17.0 Å². The number of hydrogen-bond donors (Lipinski definition) is 1. The molecule has 0 fully saturated rings. The van der Waals surface area contributed by atoms with Gasteiger partial charge in [0.1, 0.15) is 4.70 Å². The smallest absolute Gasteiger partial charge is 0.276 e. The molecule has 5 nitrogen and oxygen atoms in total. The minimum atomic E-state index is -0.0866. The van der Waals surface area contributed by atoms with Gasteiger partial charge in [0, 0.05) is 6.54 Å². The van der Waals surface area contributed by atoms with E-state index in [4.69, 9.17) is 0 Å². The van der Waals surface area contributed by atoms with Crippen molar-refractivity contribution in [3.63, 3.8) is 0 Å². The number of carbonyl (C=O) groups excluding carboxylic acids is 1. The van der Waals surface area contributed by atoms with Gasteiger partial charge in [-0.05, 0) is 62.1 Å². The molecular formula is C23H25N3O2S2. The van der Waals surface area contributed by atoms with Crippen LogP contribution < -0.4 is 10.9 Å². The molecule has 0 unspecified atom stereocenters. The Labute approximate surface area is 184 Å². The first-order valence-corrected chi connectivity index (χ1v) is 12.1. The molecule has 1 aliphatic carbocycles. The van der Waals surface area contributed by atoms with Crippen molar-refractivity contribution in [3.8, 4) is 5.69 Å². The van der Waals surface area contributed by atoms with E-state index in [-0.39, 0.29) is 17.2 Å². The van der Waals surface area contributed by atoms with E-state index in [1.165, 1.54) is 41.5 Å². The number of hydrogen-bond acceptors (Lipinski definition) is 5. The lowest BCUT2D eigenvalue weighted by Gasteiger charge is -2.14. The van der Waals surface area contributed by atoms with Gasteiger partial charge in [-0.15, -0.1) is 11.3 Å². The van der Waals surface area contributed by atoms with Crippen LogP contribution >= 0.6 is 23.1 Å². The minimum Gasteiger partial charge on any atom is -0.355 e. The van der Waals surface area contributed by atoms with Gasteiger partial charge in [-0.3, -0.25) is 14.2 Å². The summed E-state index contributed by atoms with van der Waals surface area (Å²) in [5.74, 6) is 0.194. The number of thioether (sulfide) groups is 1. The van der Waals surface area contributed by atoms with Crippen molar-refractivity contribution in [1.82, 2.24) is 14.9 Å². The third-order valence-electron chi connectivity index (χ3n) is 5.29. The second kappa shape index (κ2) is 9.62. The summed E-state index contributed by atoms with van der Waals surface area (Å²) >= 11 is 2.70. The number of thiophene rings is 1. The van der Waals surface area contributed by atoms with E-state index < -0.39 is 0 Å². The van der Waals surface area contributed by atoms with E-state index >= 15 is 0 Å². The first-order chi connectivity index (χ1) is 14.6. The first-order valence-electron chi connectivity index (χ1n) is 10.3. The Morgan fingerprint density at radius 1 is 1.27 bits per heavy atom. The predicted octanol–water partition coefficient (Wildman–Crippen LogP) is 4.85. The summed E-state index contributed by atoms with van der Waals surface area (Å²) in [6.45, 7) is 2.63. The third-order valence-corrected chi connectivity index (χ3v) is 7.12. The van der Waals surface area contributed by atoms with Crippen molar-refractivity contribution in [2.45, 2.75) is 44.2 Å². The molecule has 2 heterocycles. The van der Waals surface area contributed by atoms with Gasteiger partial charge in [-0.2, -0.15) is 0 Å². The van der Waals surface area contributed by atoms with Gasteiger partial charge in [0.15, 0.2) is 5.16 Å². The van der Waals surface area contributed by atoms with Crippen LogP contribution in [0.3, 0.4) is 0 Å². The van der Waals surface area contributed by atoms with Crippen LogP contribution in [-0.4, -0.2) is 27.8 Å². The van der Waals surface area contributed by atoms with E-state index in [9.17, 15) is 9.59 Å². The zero-order valence-corrected chi connectivity index (χ0v) is 18.7. The van der Waals surface area contributed by atoms with E-state index in [2.05, 4.69) is 16.4 Å². The SMILES string of the molecule is Cc1ccccc1-n1c(SCC(=O)NCCC2=CCCCC2)nc2ccsc2c1=O. The molecule has 2 aromatic heterocycles. The van der Waals surface area contributed by atoms with Crippen molar-refractivity contribution in [2.75, 3.05) is 12.3 Å². The molecule has 0 spiro atoms. The number of benzene rings is 1. The molecule has 1 aromatic carbocycles. The van der Waals surface area contributed by atoms with Crippen molar-refractivity contribution in [1.29, 1.82) is 0 Å². The van der Waals surface area contributed by atoms with E-state index in [1.54, 1.807) is 4.57 Å². The topological polar surface area (TPSA) is 64.0 Å². The van der Waals surface area contributed by atoms with Crippen LogP contribution in [0.15, 0.2) is 57.3 Å². The molecule has 1 aliphatic rings. The molecule has 156 valence electrons. The average molecular weight is 440 g/mol. The van der Waals surface area contributed by atoms with Crippen LogP contribution in [0, 0.1) is 6.92 Å². The maximum absolute atomic E-state index is 13.2. The van der Waals surface area contributed by atoms with Crippen molar-refractivity contribution >= 4 is 39.2 Å². The monoisotopic (exact) mass is 439 g/mol. The van der Waals surface area contributed by atoms with Gasteiger partial charge < -0.3 is 5.32 Å². The second-order valence-corrected chi connectivity index (χ2v) is 9.31. The molecule has 0 saturated carbocycles. The highest BCUT2D eigenvalue weighted by atomic mass is 32.2. The maximum Gasteiger partial charge on any atom is 0.276 e. The van der Waals surface area contributed by atoms with Crippen molar-refractivity contribution in [3.05, 3.63) is 63.3 Å². The molecule has 3 aromatic rings. The third kappa shape index (κ3) is 4.68. The number of aromatic nitrogens is 2. The fourth-order valence-electron chi connectivity index (χ4n) is 3.69. The molecule has 0 aliphatic heterocycles. The lowest BCUT2D eigenvalue weighted by molar-refractivity contribution is -0.118. The zero-order valence-electron chi connectivity index (χ0n) is 17.0. The zero-order chi connectivity index (χ0) is 20.9. The predicted molar refractivity (Wildman–Crippen MR) is 125 cm³/mol. The number of carbonyl (C=O) groups is 1. The van der Waals surface area contributed by atoms with Crippen LogP contribution in [0.5, 0.6) is 0 Å². The summed E-state index contributed by atoms with van der Waals surface area (Å²) in [5, 5.41) is 5.43. The summed E-state index contributed by atoms with van der Waals surface area (Å²) < 4.78 is 2.27. The fraction of sp³-hybridized carbons (Fsp3) is 0.348.